The molecule has 5 heteroatoms. The van der Waals surface area contributed by atoms with Crippen molar-refractivity contribution in [3.63, 3.8) is 0 Å². The summed E-state index contributed by atoms with van der Waals surface area (Å²) in [4.78, 5) is 11.2. The van der Waals surface area contributed by atoms with E-state index in [1.54, 1.807) is 10.9 Å². The Bertz CT molecular complexity index is 507. The lowest BCUT2D eigenvalue weighted by atomic mass is 10.2. The third-order valence-corrected chi connectivity index (χ3v) is 2.42. The van der Waals surface area contributed by atoms with Crippen molar-refractivity contribution in [2.24, 2.45) is 5.73 Å². The van der Waals surface area contributed by atoms with Gasteiger partial charge in [-0.25, -0.2) is 0 Å². The van der Waals surface area contributed by atoms with Gasteiger partial charge in [-0.3, -0.25) is 9.48 Å². The predicted octanol–water partition coefficient (Wildman–Crippen LogP) is 0.537. The minimum atomic E-state index is -0.687. The summed E-state index contributed by atoms with van der Waals surface area (Å²) < 4.78 is 6.27. The highest BCUT2D eigenvalue weighted by Gasteiger charge is 2.15. The number of methoxy groups -OCH3 is 1. The Morgan fingerprint density at radius 1 is 1.56 bits per heavy atom. The van der Waals surface area contributed by atoms with Gasteiger partial charge < -0.3 is 10.5 Å². The first-order valence-electron chi connectivity index (χ1n) is 4.96. The molecule has 0 saturated heterocycles. The molecule has 0 fully saturated rings. The topological polar surface area (TPSA) is 70.1 Å². The molecule has 2 aromatic rings. The molecule has 0 saturated carbocycles. The summed E-state index contributed by atoms with van der Waals surface area (Å²) in [5.74, 6) is -0.431. The Balaban J connectivity index is 2.24. The zero-order valence-electron chi connectivity index (χ0n) is 8.96. The molecule has 0 aliphatic carbocycles. The number of para-hydroxylation sites is 1. The van der Waals surface area contributed by atoms with E-state index in [0.717, 1.165) is 10.9 Å². The summed E-state index contributed by atoms with van der Waals surface area (Å²) in [6.07, 6.45) is 1.75. The Hall–Kier alpha value is -1.88. The molecule has 84 valence electrons. The van der Waals surface area contributed by atoms with E-state index in [4.69, 9.17) is 5.73 Å². The fourth-order valence-electron chi connectivity index (χ4n) is 1.58. The highest BCUT2D eigenvalue weighted by Crippen LogP contribution is 2.12. The number of carbonyl (C=O) groups excluding carboxylic acids is 1. The molecule has 1 atom stereocenters. The zero-order valence-corrected chi connectivity index (χ0v) is 8.96. The first kappa shape index (κ1) is 10.6. The van der Waals surface area contributed by atoms with Crippen molar-refractivity contribution >= 4 is 16.9 Å². The molecule has 5 nitrogen and oxygen atoms in total. The number of esters is 1. The highest BCUT2D eigenvalue weighted by atomic mass is 16.5. The number of nitrogens with zero attached hydrogens (tertiary/aromatic N) is 2. The van der Waals surface area contributed by atoms with Gasteiger partial charge in [0.1, 0.15) is 6.04 Å². The van der Waals surface area contributed by atoms with Gasteiger partial charge in [0.05, 0.1) is 25.4 Å². The normalized spacial score (nSPS) is 12.6. The molecular formula is C11H13N3O2. The average molecular weight is 219 g/mol. The maximum atomic E-state index is 11.2. The van der Waals surface area contributed by atoms with Crippen LogP contribution in [0.2, 0.25) is 0 Å². The van der Waals surface area contributed by atoms with Crippen LogP contribution < -0.4 is 5.73 Å². The molecule has 0 amide bonds. The number of hydrogen-bond donors (Lipinski definition) is 1. The van der Waals surface area contributed by atoms with Gasteiger partial charge in [0, 0.05) is 5.39 Å². The van der Waals surface area contributed by atoms with Gasteiger partial charge in [-0.15, -0.1) is 0 Å². The molecular weight excluding hydrogens is 206 g/mol. The smallest absolute Gasteiger partial charge is 0.324 e. The highest BCUT2D eigenvalue weighted by molar-refractivity contribution is 5.79. The number of aromatic nitrogens is 2. The molecule has 2 N–H and O–H groups in total. The van der Waals surface area contributed by atoms with Crippen LogP contribution in [0.1, 0.15) is 0 Å². The van der Waals surface area contributed by atoms with Crippen LogP contribution in [0.3, 0.4) is 0 Å². The Kier molecular flexibility index (Phi) is 2.87. The molecule has 0 spiro atoms. The quantitative estimate of drug-likeness (QED) is 0.765. The molecule has 0 radical (unpaired) electrons. The molecule has 2 rings (SSSR count). The number of nitrogens with two attached hydrogens (primary N) is 1. The lowest BCUT2D eigenvalue weighted by molar-refractivity contribution is -0.142. The molecule has 1 heterocycles. The Labute approximate surface area is 92.8 Å². The van der Waals surface area contributed by atoms with E-state index in [0.29, 0.717) is 6.54 Å². The van der Waals surface area contributed by atoms with Crippen LogP contribution >= 0.6 is 0 Å². The maximum Gasteiger partial charge on any atom is 0.324 e. The second kappa shape index (κ2) is 4.32. The van der Waals surface area contributed by atoms with Crippen LogP contribution in [-0.2, 0) is 16.1 Å². The van der Waals surface area contributed by atoms with Gasteiger partial charge in [0.25, 0.3) is 0 Å². The van der Waals surface area contributed by atoms with E-state index in [9.17, 15) is 4.79 Å². The molecule has 0 aliphatic heterocycles. The van der Waals surface area contributed by atoms with Gasteiger partial charge in [-0.2, -0.15) is 5.10 Å². The monoisotopic (exact) mass is 219 g/mol. The SMILES string of the molecule is COC(=O)C(N)Cn1ncc2ccccc21. The number of benzene rings is 1. The summed E-state index contributed by atoms with van der Waals surface area (Å²) in [5, 5.41) is 5.21. The van der Waals surface area contributed by atoms with E-state index in [-0.39, 0.29) is 0 Å². The van der Waals surface area contributed by atoms with Crippen molar-refractivity contribution in [3.8, 4) is 0 Å². The molecule has 1 unspecified atom stereocenters. The summed E-state index contributed by atoms with van der Waals surface area (Å²) in [7, 11) is 1.32. The van der Waals surface area contributed by atoms with E-state index >= 15 is 0 Å². The summed E-state index contributed by atoms with van der Waals surface area (Å²) >= 11 is 0. The van der Waals surface area contributed by atoms with Gasteiger partial charge in [0.2, 0.25) is 0 Å². The van der Waals surface area contributed by atoms with Crippen molar-refractivity contribution in [2.75, 3.05) is 7.11 Å². The fraction of sp³-hybridized carbons (Fsp3) is 0.273. The van der Waals surface area contributed by atoms with Crippen molar-refractivity contribution in [3.05, 3.63) is 30.5 Å². The molecule has 16 heavy (non-hydrogen) atoms. The maximum absolute atomic E-state index is 11.2. The zero-order chi connectivity index (χ0) is 11.5. The standard InChI is InChI=1S/C11H13N3O2/c1-16-11(15)9(12)7-14-10-5-3-2-4-8(10)6-13-14/h2-6,9H,7,12H2,1H3. The second-order valence-corrected chi connectivity index (χ2v) is 3.52. The van der Waals surface area contributed by atoms with E-state index in [1.165, 1.54) is 7.11 Å². The van der Waals surface area contributed by atoms with Crippen LogP contribution in [0, 0.1) is 0 Å². The van der Waals surface area contributed by atoms with Gasteiger partial charge in [-0.1, -0.05) is 18.2 Å². The first-order valence-corrected chi connectivity index (χ1v) is 4.96. The number of rotatable bonds is 3. The van der Waals surface area contributed by atoms with E-state index in [2.05, 4.69) is 9.84 Å². The number of ether oxygens (including phenoxy) is 1. The molecule has 0 bridgehead atoms. The number of carbonyl (C=O) groups is 1. The van der Waals surface area contributed by atoms with E-state index < -0.39 is 12.0 Å². The van der Waals surface area contributed by atoms with Gasteiger partial charge in [0.15, 0.2) is 0 Å². The lowest BCUT2D eigenvalue weighted by Gasteiger charge is -2.09. The van der Waals surface area contributed by atoms with Crippen LogP contribution in [0.5, 0.6) is 0 Å². The largest absolute Gasteiger partial charge is 0.468 e. The summed E-state index contributed by atoms with van der Waals surface area (Å²) in [5.41, 5.74) is 6.63. The van der Waals surface area contributed by atoms with Crippen molar-refractivity contribution in [2.45, 2.75) is 12.6 Å². The van der Waals surface area contributed by atoms with Crippen LogP contribution in [0.4, 0.5) is 0 Å². The number of hydrogen-bond acceptors (Lipinski definition) is 4. The summed E-state index contributed by atoms with van der Waals surface area (Å²) in [6, 6.07) is 7.07. The van der Waals surface area contributed by atoms with Crippen LogP contribution in [0.25, 0.3) is 10.9 Å². The molecule has 0 aliphatic rings. The second-order valence-electron chi connectivity index (χ2n) is 3.52. The number of fused-ring (bicyclic) bond motifs is 1. The van der Waals surface area contributed by atoms with Crippen molar-refractivity contribution < 1.29 is 9.53 Å². The van der Waals surface area contributed by atoms with Crippen LogP contribution in [0.15, 0.2) is 30.5 Å². The minimum absolute atomic E-state index is 0.320. The lowest BCUT2D eigenvalue weighted by Crippen LogP contribution is -2.36. The predicted molar refractivity (Wildman–Crippen MR) is 59.7 cm³/mol. The summed E-state index contributed by atoms with van der Waals surface area (Å²) in [6.45, 7) is 0.320. The third kappa shape index (κ3) is 1.90. The minimum Gasteiger partial charge on any atom is -0.468 e. The van der Waals surface area contributed by atoms with Crippen molar-refractivity contribution in [1.29, 1.82) is 0 Å². The Morgan fingerprint density at radius 2 is 2.31 bits per heavy atom. The molecule has 1 aromatic carbocycles. The van der Waals surface area contributed by atoms with Gasteiger partial charge >= 0.3 is 5.97 Å². The fourth-order valence-corrected chi connectivity index (χ4v) is 1.58. The van der Waals surface area contributed by atoms with Gasteiger partial charge in [-0.05, 0) is 6.07 Å². The average Bonchev–Trinajstić information content (AvgIpc) is 2.72. The first-order chi connectivity index (χ1) is 7.72. The third-order valence-electron chi connectivity index (χ3n) is 2.42. The molecule has 1 aromatic heterocycles. The van der Waals surface area contributed by atoms with Crippen molar-refractivity contribution in [1.82, 2.24) is 9.78 Å². The van der Waals surface area contributed by atoms with Crippen LogP contribution in [-0.4, -0.2) is 28.9 Å². The van der Waals surface area contributed by atoms with E-state index in [1.807, 2.05) is 24.3 Å². The Morgan fingerprint density at radius 3 is 3.06 bits per heavy atom.